The second-order valence-corrected chi connectivity index (χ2v) is 18.6. The maximum atomic E-state index is 14.7. The van der Waals surface area contributed by atoms with Gasteiger partial charge in [0.2, 0.25) is 11.0 Å². The number of esters is 2. The van der Waals surface area contributed by atoms with Gasteiger partial charge in [0.05, 0.1) is 21.9 Å². The van der Waals surface area contributed by atoms with Gasteiger partial charge >= 0.3 is 20.1 Å². The topological polar surface area (TPSA) is 114 Å². The SMILES string of the molecule is Cc1cc(C(=O)OCc2ccccc2)cc(C)c1OC(=O)c1c2ccccc2[n+](C)c2cc(/C(=C/c3ccc(OCc4ccccc4)cc3)O[P+](O)(OCc3ccccc3)OCc3ccccc3)ccc12. The molecule has 0 atom stereocenters. The molecule has 1 heterocycles. The van der Waals surface area contributed by atoms with Crippen LogP contribution in [0.5, 0.6) is 11.5 Å². The summed E-state index contributed by atoms with van der Waals surface area (Å²) in [7, 11) is -2.20. The van der Waals surface area contributed by atoms with E-state index in [1.165, 1.54) is 0 Å². The highest BCUT2D eigenvalue weighted by atomic mass is 31.2. The lowest BCUT2D eigenvalue weighted by atomic mass is 9.99. The Morgan fingerprint density at radius 1 is 0.535 bits per heavy atom. The molecule has 0 aliphatic carbocycles. The third kappa shape index (κ3) is 11.9. The molecule has 9 aromatic rings. The van der Waals surface area contributed by atoms with E-state index in [0.717, 1.165) is 33.3 Å². The molecular formula is C60H52NO9P+2. The first-order valence-corrected chi connectivity index (χ1v) is 24.6. The number of rotatable bonds is 18. The minimum atomic E-state index is -4.13. The zero-order valence-electron chi connectivity index (χ0n) is 39.6. The van der Waals surface area contributed by atoms with Crippen LogP contribution in [0, 0.1) is 13.8 Å². The van der Waals surface area contributed by atoms with E-state index in [0.29, 0.717) is 62.2 Å². The first-order valence-electron chi connectivity index (χ1n) is 23.2. The molecule has 11 heteroatoms. The van der Waals surface area contributed by atoms with E-state index in [1.807, 2.05) is 206 Å². The standard InChI is InChI=1S/C60H52NO9P/c1-42-34-50(59(62)66-39-46-20-10-5-11-21-46)35-43(2)58(42)69-60(63)57-52-26-16-17-27-54(52)61(3)55-37-49(30-33-53(55)57)56(36-44-28-31-51(32-29-44)65-38-45-18-8-4-9-19-45)70-71(64,67-40-47-22-12-6-13-23-47)68-41-48-24-14-7-15-25-48/h4-37,64H,38-41H2,1-3H3/q+2/b56-36-. The Bertz CT molecular complexity index is 3260. The van der Waals surface area contributed by atoms with Crippen molar-refractivity contribution in [2.75, 3.05) is 0 Å². The average Bonchev–Trinajstić information content (AvgIpc) is 3.41. The molecule has 0 radical (unpaired) electrons. The summed E-state index contributed by atoms with van der Waals surface area (Å²) in [5, 5.41) is 1.29. The van der Waals surface area contributed by atoms with Crippen LogP contribution in [-0.4, -0.2) is 16.8 Å². The molecule has 0 spiro atoms. The molecule has 71 heavy (non-hydrogen) atoms. The largest absolute Gasteiger partial charge is 0.619 e. The summed E-state index contributed by atoms with van der Waals surface area (Å²) in [5.74, 6) is 0.237. The van der Waals surface area contributed by atoms with Crippen molar-refractivity contribution >= 4 is 53.7 Å². The Balaban J connectivity index is 1.08. The maximum Gasteiger partial charge on any atom is 0.619 e. The summed E-state index contributed by atoms with van der Waals surface area (Å²) in [6, 6.07) is 62.6. The second-order valence-electron chi connectivity index (χ2n) is 17.0. The number of benzene rings is 8. The van der Waals surface area contributed by atoms with Crippen LogP contribution in [0.4, 0.5) is 0 Å². The van der Waals surface area contributed by atoms with Crippen molar-refractivity contribution in [3.8, 4) is 11.5 Å². The smallest absolute Gasteiger partial charge is 0.489 e. The number of nitrogens with zero attached hydrogens (tertiary/aromatic N) is 1. The monoisotopic (exact) mass is 961 g/mol. The van der Waals surface area contributed by atoms with Gasteiger partial charge in [-0.05, 0) is 101 Å². The van der Waals surface area contributed by atoms with Crippen molar-refractivity contribution in [2.45, 2.75) is 40.3 Å². The fourth-order valence-electron chi connectivity index (χ4n) is 8.22. The summed E-state index contributed by atoms with van der Waals surface area (Å²) in [4.78, 5) is 40.2. The molecule has 0 aliphatic heterocycles. The predicted octanol–water partition coefficient (Wildman–Crippen LogP) is 13.2. The zero-order valence-corrected chi connectivity index (χ0v) is 40.5. The first kappa shape index (κ1) is 48.1. The number of carbonyl (C=O) groups excluding carboxylic acids is 2. The molecule has 0 aliphatic rings. The van der Waals surface area contributed by atoms with Gasteiger partial charge in [-0.25, -0.2) is 9.59 Å². The molecule has 0 amide bonds. The molecule has 9 rings (SSSR count). The highest BCUT2D eigenvalue weighted by Gasteiger charge is 2.48. The maximum absolute atomic E-state index is 14.7. The number of hydrogen-bond acceptors (Lipinski definition) is 9. The van der Waals surface area contributed by atoms with Crippen LogP contribution >= 0.6 is 8.17 Å². The number of para-hydroxylation sites is 1. The lowest BCUT2D eigenvalue weighted by molar-refractivity contribution is -0.617. The lowest BCUT2D eigenvalue weighted by Crippen LogP contribution is -2.31. The van der Waals surface area contributed by atoms with Crippen LogP contribution in [0.25, 0.3) is 33.6 Å². The van der Waals surface area contributed by atoms with Crippen molar-refractivity contribution in [2.24, 2.45) is 7.05 Å². The number of pyridine rings is 1. The Labute approximate surface area is 413 Å². The Kier molecular flexibility index (Phi) is 15.0. The molecule has 1 N–H and O–H groups in total. The highest BCUT2D eigenvalue weighted by Crippen LogP contribution is 2.62. The summed E-state index contributed by atoms with van der Waals surface area (Å²) in [6.45, 7) is 4.18. The zero-order chi connectivity index (χ0) is 49.2. The summed E-state index contributed by atoms with van der Waals surface area (Å²) < 4.78 is 39.1. The van der Waals surface area contributed by atoms with E-state index >= 15 is 0 Å². The molecule has 1 aromatic heterocycles. The van der Waals surface area contributed by atoms with Gasteiger partial charge in [0.1, 0.15) is 45.0 Å². The Morgan fingerprint density at radius 3 is 1.62 bits per heavy atom. The number of carbonyl (C=O) groups is 2. The Hall–Kier alpha value is -7.98. The predicted molar refractivity (Wildman–Crippen MR) is 277 cm³/mol. The molecule has 354 valence electrons. The Morgan fingerprint density at radius 2 is 1.04 bits per heavy atom. The number of hydrogen-bond donors (Lipinski definition) is 1. The van der Waals surface area contributed by atoms with Gasteiger partial charge in [0.25, 0.3) is 0 Å². The summed E-state index contributed by atoms with van der Waals surface area (Å²) in [5.41, 5.74) is 8.24. The summed E-state index contributed by atoms with van der Waals surface area (Å²) in [6.07, 6.45) is 1.81. The van der Waals surface area contributed by atoms with E-state index in [2.05, 4.69) is 0 Å². The van der Waals surface area contributed by atoms with Crippen LogP contribution < -0.4 is 14.0 Å². The minimum Gasteiger partial charge on any atom is -0.489 e. The lowest BCUT2D eigenvalue weighted by Gasteiger charge is -2.18. The first-order chi connectivity index (χ1) is 34.6. The molecular weight excluding hydrogens is 910 g/mol. The van der Waals surface area contributed by atoms with Gasteiger partial charge in [-0.1, -0.05) is 146 Å². The van der Waals surface area contributed by atoms with Crippen LogP contribution in [-0.2, 0) is 51.8 Å². The van der Waals surface area contributed by atoms with E-state index < -0.39 is 20.1 Å². The van der Waals surface area contributed by atoms with Crippen LogP contribution in [0.3, 0.4) is 0 Å². The van der Waals surface area contributed by atoms with Crippen LogP contribution in [0.1, 0.15) is 65.2 Å². The fourth-order valence-corrected chi connectivity index (χ4v) is 9.43. The van der Waals surface area contributed by atoms with Crippen molar-refractivity contribution < 1.29 is 46.8 Å². The van der Waals surface area contributed by atoms with Gasteiger partial charge in [-0.15, -0.1) is 9.05 Å². The third-order valence-electron chi connectivity index (χ3n) is 11.9. The quantitative estimate of drug-likeness (QED) is 0.0171. The van der Waals surface area contributed by atoms with Crippen molar-refractivity contribution in [1.29, 1.82) is 0 Å². The van der Waals surface area contributed by atoms with Crippen LogP contribution in [0.15, 0.2) is 200 Å². The van der Waals surface area contributed by atoms with Crippen LogP contribution in [0.2, 0.25) is 0 Å². The highest BCUT2D eigenvalue weighted by molar-refractivity contribution is 7.55. The van der Waals surface area contributed by atoms with E-state index in [1.54, 1.807) is 26.0 Å². The minimum absolute atomic E-state index is 0.0186. The van der Waals surface area contributed by atoms with Crippen molar-refractivity contribution in [1.82, 2.24) is 0 Å². The molecule has 8 aromatic carbocycles. The molecule has 0 bridgehead atoms. The molecule has 10 nitrogen and oxygen atoms in total. The van der Waals surface area contributed by atoms with Crippen molar-refractivity contribution in [3.05, 3.63) is 256 Å². The van der Waals surface area contributed by atoms with Gasteiger partial charge < -0.3 is 14.2 Å². The number of ether oxygens (including phenoxy) is 3. The fraction of sp³-hybridized carbons (Fsp3) is 0.117. The average molecular weight is 962 g/mol. The van der Waals surface area contributed by atoms with Crippen molar-refractivity contribution in [3.63, 3.8) is 0 Å². The molecule has 0 saturated carbocycles. The molecule has 0 unspecified atom stereocenters. The molecule has 0 saturated heterocycles. The number of aromatic nitrogens is 1. The van der Waals surface area contributed by atoms with E-state index in [9.17, 15) is 14.5 Å². The van der Waals surface area contributed by atoms with Gasteiger partial charge in [0, 0.05) is 17.7 Å². The second kappa shape index (κ2) is 22.2. The van der Waals surface area contributed by atoms with Gasteiger partial charge in [0.15, 0.2) is 5.76 Å². The van der Waals surface area contributed by atoms with E-state index in [-0.39, 0.29) is 25.6 Å². The normalized spacial score (nSPS) is 11.6. The van der Waals surface area contributed by atoms with Gasteiger partial charge in [-0.3, -0.25) is 4.52 Å². The number of aryl methyl sites for hydroxylation is 3. The third-order valence-corrected chi connectivity index (χ3v) is 13.2. The number of fused-ring (bicyclic) bond motifs is 2. The van der Waals surface area contributed by atoms with Gasteiger partial charge in [-0.2, -0.15) is 9.46 Å². The molecule has 0 fully saturated rings. The summed E-state index contributed by atoms with van der Waals surface area (Å²) >= 11 is 0. The van der Waals surface area contributed by atoms with E-state index in [4.69, 9.17) is 27.8 Å².